The second kappa shape index (κ2) is 5.37. The molecule has 0 aromatic heterocycles. The van der Waals surface area contributed by atoms with E-state index in [1.54, 1.807) is 6.07 Å². The van der Waals surface area contributed by atoms with Crippen molar-refractivity contribution in [3.8, 4) is 5.75 Å². The summed E-state index contributed by atoms with van der Waals surface area (Å²) in [6, 6.07) is 5.76. The molecular formula is C11H16BrNO. The van der Waals surface area contributed by atoms with Crippen molar-refractivity contribution in [1.82, 2.24) is 5.32 Å². The number of benzene rings is 1. The fourth-order valence-corrected chi connectivity index (χ4v) is 1.90. The van der Waals surface area contributed by atoms with Gasteiger partial charge < -0.3 is 10.4 Å². The van der Waals surface area contributed by atoms with Gasteiger partial charge in [0.2, 0.25) is 0 Å². The number of aromatic hydroxyl groups is 1. The number of hydrogen-bond acceptors (Lipinski definition) is 2. The van der Waals surface area contributed by atoms with E-state index in [-0.39, 0.29) is 6.04 Å². The van der Waals surface area contributed by atoms with Crippen molar-refractivity contribution < 1.29 is 5.11 Å². The maximum atomic E-state index is 9.70. The van der Waals surface area contributed by atoms with Crippen LogP contribution in [-0.4, -0.2) is 11.7 Å². The Bertz CT molecular complexity index is 301. The molecule has 2 nitrogen and oxygen atoms in total. The summed E-state index contributed by atoms with van der Waals surface area (Å²) in [5, 5.41) is 13.0. The molecule has 2 N–H and O–H groups in total. The largest absolute Gasteiger partial charge is 0.508 e. The highest BCUT2D eigenvalue weighted by Crippen LogP contribution is 2.29. The van der Waals surface area contributed by atoms with Crippen LogP contribution >= 0.6 is 15.9 Å². The summed E-state index contributed by atoms with van der Waals surface area (Å²) in [4.78, 5) is 0. The molecule has 0 amide bonds. The Labute approximate surface area is 93.5 Å². The molecule has 3 heteroatoms. The lowest BCUT2D eigenvalue weighted by Crippen LogP contribution is -2.20. The van der Waals surface area contributed by atoms with E-state index in [1.807, 2.05) is 12.1 Å². The highest BCUT2D eigenvalue weighted by atomic mass is 79.9. The van der Waals surface area contributed by atoms with Crippen molar-refractivity contribution >= 4 is 15.9 Å². The molecule has 1 atom stereocenters. The summed E-state index contributed by atoms with van der Waals surface area (Å²) in [7, 11) is 0. The predicted octanol–water partition coefficient (Wildman–Crippen LogP) is 3.22. The van der Waals surface area contributed by atoms with Gasteiger partial charge in [0.15, 0.2) is 0 Å². The minimum Gasteiger partial charge on any atom is -0.508 e. The van der Waals surface area contributed by atoms with Crippen LogP contribution in [-0.2, 0) is 0 Å². The molecule has 0 heterocycles. The molecule has 1 rings (SSSR count). The molecular weight excluding hydrogens is 242 g/mol. The highest BCUT2D eigenvalue weighted by molar-refractivity contribution is 9.10. The molecule has 1 aromatic rings. The van der Waals surface area contributed by atoms with Gasteiger partial charge in [-0.3, -0.25) is 0 Å². The van der Waals surface area contributed by atoms with Crippen LogP contribution in [0.15, 0.2) is 22.7 Å². The Morgan fingerprint density at radius 1 is 1.43 bits per heavy atom. The van der Waals surface area contributed by atoms with Crippen LogP contribution in [0.4, 0.5) is 0 Å². The second-order valence-electron chi connectivity index (χ2n) is 3.22. The third kappa shape index (κ3) is 2.72. The lowest BCUT2D eigenvalue weighted by atomic mass is 10.0. The fourth-order valence-electron chi connectivity index (χ4n) is 1.53. The second-order valence-corrected chi connectivity index (χ2v) is 4.14. The van der Waals surface area contributed by atoms with E-state index in [2.05, 4.69) is 35.1 Å². The van der Waals surface area contributed by atoms with E-state index >= 15 is 0 Å². The van der Waals surface area contributed by atoms with E-state index in [9.17, 15) is 5.11 Å². The standard InChI is InChI=1S/C11H16BrNO/c1-3-10(13-4-2)9-7-8(12)5-6-11(9)14/h5-7,10,13-14H,3-4H2,1-2H3. The van der Waals surface area contributed by atoms with Gasteiger partial charge >= 0.3 is 0 Å². The minimum atomic E-state index is 0.234. The van der Waals surface area contributed by atoms with Crippen LogP contribution in [0.5, 0.6) is 5.75 Å². The summed E-state index contributed by atoms with van der Waals surface area (Å²) in [6.07, 6.45) is 0.970. The maximum Gasteiger partial charge on any atom is 0.120 e. The first kappa shape index (κ1) is 11.5. The first-order valence-corrected chi connectivity index (χ1v) is 5.70. The number of rotatable bonds is 4. The molecule has 1 unspecified atom stereocenters. The van der Waals surface area contributed by atoms with Crippen LogP contribution in [0.3, 0.4) is 0 Å². The Balaban J connectivity index is 2.96. The molecule has 0 bridgehead atoms. The summed E-state index contributed by atoms with van der Waals surface area (Å²) in [6.45, 7) is 5.08. The molecule has 0 aliphatic rings. The molecule has 0 aliphatic heterocycles. The molecule has 78 valence electrons. The van der Waals surface area contributed by atoms with Crippen molar-refractivity contribution in [1.29, 1.82) is 0 Å². The van der Waals surface area contributed by atoms with E-state index in [0.29, 0.717) is 5.75 Å². The van der Waals surface area contributed by atoms with Crippen molar-refractivity contribution in [3.63, 3.8) is 0 Å². The van der Waals surface area contributed by atoms with Crippen LogP contribution < -0.4 is 5.32 Å². The zero-order chi connectivity index (χ0) is 10.6. The van der Waals surface area contributed by atoms with Crippen LogP contribution in [0, 0.1) is 0 Å². The topological polar surface area (TPSA) is 32.3 Å². The van der Waals surface area contributed by atoms with E-state index in [1.165, 1.54) is 0 Å². The lowest BCUT2D eigenvalue weighted by molar-refractivity contribution is 0.444. The Morgan fingerprint density at radius 2 is 2.14 bits per heavy atom. The van der Waals surface area contributed by atoms with Crippen LogP contribution in [0.25, 0.3) is 0 Å². The van der Waals surface area contributed by atoms with Gasteiger partial charge in [0.25, 0.3) is 0 Å². The average Bonchev–Trinajstić information content (AvgIpc) is 2.18. The monoisotopic (exact) mass is 257 g/mol. The summed E-state index contributed by atoms with van der Waals surface area (Å²) in [5.41, 5.74) is 0.962. The molecule has 0 radical (unpaired) electrons. The lowest BCUT2D eigenvalue weighted by Gasteiger charge is -2.17. The molecule has 0 aliphatic carbocycles. The number of halogens is 1. The van der Waals surface area contributed by atoms with Gasteiger partial charge in [-0.1, -0.05) is 29.8 Å². The van der Waals surface area contributed by atoms with Crippen molar-refractivity contribution in [3.05, 3.63) is 28.2 Å². The zero-order valence-corrected chi connectivity index (χ0v) is 10.1. The highest BCUT2D eigenvalue weighted by Gasteiger charge is 2.12. The van der Waals surface area contributed by atoms with Gasteiger partial charge in [0.05, 0.1) is 0 Å². The minimum absolute atomic E-state index is 0.234. The van der Waals surface area contributed by atoms with Crippen molar-refractivity contribution in [2.75, 3.05) is 6.54 Å². The van der Waals surface area contributed by atoms with Gasteiger partial charge in [0, 0.05) is 16.1 Å². The Hall–Kier alpha value is -0.540. The first-order chi connectivity index (χ1) is 6.69. The summed E-state index contributed by atoms with van der Waals surface area (Å²) in [5.74, 6) is 0.362. The van der Waals surface area contributed by atoms with E-state index in [4.69, 9.17) is 0 Å². The number of phenols is 1. The Kier molecular flexibility index (Phi) is 4.42. The van der Waals surface area contributed by atoms with Gasteiger partial charge in [-0.25, -0.2) is 0 Å². The number of nitrogens with one attached hydrogen (secondary N) is 1. The molecule has 0 fully saturated rings. The Morgan fingerprint density at radius 3 is 2.71 bits per heavy atom. The van der Waals surface area contributed by atoms with Crippen LogP contribution in [0.2, 0.25) is 0 Å². The SMILES string of the molecule is CCNC(CC)c1cc(Br)ccc1O. The van der Waals surface area contributed by atoms with Gasteiger partial charge in [-0.15, -0.1) is 0 Å². The van der Waals surface area contributed by atoms with Gasteiger partial charge in [-0.05, 0) is 31.2 Å². The summed E-state index contributed by atoms with van der Waals surface area (Å²) >= 11 is 3.41. The van der Waals surface area contributed by atoms with E-state index < -0.39 is 0 Å². The van der Waals surface area contributed by atoms with Gasteiger partial charge in [0.1, 0.15) is 5.75 Å². The van der Waals surface area contributed by atoms with Gasteiger partial charge in [-0.2, -0.15) is 0 Å². The van der Waals surface area contributed by atoms with Crippen molar-refractivity contribution in [2.45, 2.75) is 26.3 Å². The molecule has 0 saturated carbocycles. The number of hydrogen-bond donors (Lipinski definition) is 2. The third-order valence-electron chi connectivity index (χ3n) is 2.22. The molecule has 14 heavy (non-hydrogen) atoms. The number of phenolic OH excluding ortho intramolecular Hbond substituents is 1. The maximum absolute atomic E-state index is 9.70. The first-order valence-electron chi connectivity index (χ1n) is 4.90. The molecule has 1 aromatic carbocycles. The summed E-state index contributed by atoms with van der Waals surface area (Å²) < 4.78 is 1.00. The predicted molar refractivity (Wildman–Crippen MR) is 62.5 cm³/mol. The van der Waals surface area contributed by atoms with Crippen LogP contribution in [0.1, 0.15) is 31.9 Å². The zero-order valence-electron chi connectivity index (χ0n) is 8.55. The quantitative estimate of drug-likeness (QED) is 0.869. The third-order valence-corrected chi connectivity index (χ3v) is 2.72. The molecule has 0 saturated heterocycles. The van der Waals surface area contributed by atoms with Crippen molar-refractivity contribution in [2.24, 2.45) is 0 Å². The fraction of sp³-hybridized carbons (Fsp3) is 0.455. The van der Waals surface area contributed by atoms with E-state index in [0.717, 1.165) is 23.0 Å². The smallest absolute Gasteiger partial charge is 0.120 e. The molecule has 0 spiro atoms. The normalized spacial score (nSPS) is 12.8. The average molecular weight is 258 g/mol.